The summed E-state index contributed by atoms with van der Waals surface area (Å²) in [7, 11) is -1.78. The van der Waals surface area contributed by atoms with Crippen LogP contribution in [-0.4, -0.2) is 29.6 Å². The summed E-state index contributed by atoms with van der Waals surface area (Å²) in [5.41, 5.74) is 1.16. The first-order chi connectivity index (χ1) is 8.97. The van der Waals surface area contributed by atoms with Crippen molar-refractivity contribution in [3.8, 4) is 0 Å². The maximum absolute atomic E-state index is 10.9. The highest BCUT2D eigenvalue weighted by Crippen LogP contribution is 2.36. The van der Waals surface area contributed by atoms with Crippen LogP contribution < -0.4 is 0 Å². The highest BCUT2D eigenvalue weighted by Gasteiger charge is 2.37. The van der Waals surface area contributed by atoms with Gasteiger partial charge < -0.3 is 4.43 Å². The summed E-state index contributed by atoms with van der Waals surface area (Å²) < 4.78 is 7.74. The van der Waals surface area contributed by atoms with E-state index in [0.717, 1.165) is 0 Å². The van der Waals surface area contributed by atoms with E-state index in [9.17, 15) is 10.1 Å². The molecule has 0 bridgehead atoms. The van der Waals surface area contributed by atoms with Gasteiger partial charge in [-0.25, -0.2) is 0 Å². The van der Waals surface area contributed by atoms with Crippen LogP contribution in [0.2, 0.25) is 18.1 Å². The minimum Gasteiger partial charge on any atom is -0.415 e. The molecule has 1 rings (SSSR count). The molecule has 0 N–H and O–H groups in total. The van der Waals surface area contributed by atoms with E-state index in [2.05, 4.69) is 39.0 Å². The molecule has 20 heavy (non-hydrogen) atoms. The third-order valence-electron chi connectivity index (χ3n) is 4.10. The zero-order valence-electron chi connectivity index (χ0n) is 13.5. The first kappa shape index (κ1) is 16.8. The normalized spacial score (nSPS) is 12.8. The second-order valence-electron chi connectivity index (χ2n) is 6.61. The van der Waals surface area contributed by atoms with E-state index in [0.29, 0.717) is 24.5 Å². The Morgan fingerprint density at radius 1 is 1.35 bits per heavy atom. The number of aromatic nitrogens is 2. The van der Waals surface area contributed by atoms with Crippen molar-refractivity contribution in [1.29, 1.82) is 0 Å². The molecule has 0 saturated heterocycles. The van der Waals surface area contributed by atoms with Gasteiger partial charge in [0, 0.05) is 0 Å². The molecule has 0 spiro atoms. The Balaban J connectivity index is 2.73. The molecule has 0 fully saturated rings. The third-order valence-corrected chi connectivity index (χ3v) is 8.64. The lowest BCUT2D eigenvalue weighted by atomic mass is 10.2. The predicted octanol–water partition coefficient (Wildman–Crippen LogP) is 3.43. The molecule has 0 aliphatic rings. The number of nitro groups is 1. The monoisotopic (exact) mass is 299 g/mol. The van der Waals surface area contributed by atoms with Gasteiger partial charge in [0.2, 0.25) is 0 Å². The molecule has 0 aromatic carbocycles. The van der Waals surface area contributed by atoms with Crippen LogP contribution in [0.15, 0.2) is 0 Å². The first-order valence-corrected chi connectivity index (χ1v) is 9.70. The van der Waals surface area contributed by atoms with Crippen molar-refractivity contribution < 1.29 is 9.35 Å². The Labute approximate surface area is 121 Å². The van der Waals surface area contributed by atoms with Gasteiger partial charge in [-0.05, 0) is 32.0 Å². The zero-order valence-corrected chi connectivity index (χ0v) is 14.5. The molecular weight excluding hydrogens is 274 g/mol. The van der Waals surface area contributed by atoms with Gasteiger partial charge in [0.05, 0.1) is 18.1 Å². The smallest absolute Gasteiger partial charge is 0.312 e. The van der Waals surface area contributed by atoms with Crippen molar-refractivity contribution >= 4 is 14.0 Å². The Kier molecular flexibility index (Phi) is 4.76. The van der Waals surface area contributed by atoms with Crippen LogP contribution in [-0.2, 0) is 11.0 Å². The summed E-state index contributed by atoms with van der Waals surface area (Å²) >= 11 is 0. The van der Waals surface area contributed by atoms with E-state index in [1.165, 1.54) is 0 Å². The van der Waals surface area contributed by atoms with Gasteiger partial charge in [0.25, 0.3) is 0 Å². The molecule has 1 heterocycles. The number of hydrogen-bond donors (Lipinski definition) is 0. The second kappa shape index (κ2) is 5.65. The Hall–Kier alpha value is -1.21. The first-order valence-electron chi connectivity index (χ1n) is 6.79. The minimum atomic E-state index is -1.78. The molecule has 0 radical (unpaired) electrons. The van der Waals surface area contributed by atoms with Crippen molar-refractivity contribution in [2.24, 2.45) is 0 Å². The van der Waals surface area contributed by atoms with Crippen LogP contribution in [0.4, 0.5) is 5.69 Å². The standard InChI is InChI=1S/C13H25N3O3Si/c1-10-12(16(17)18)11(2)15(14-10)8-9-19-20(6,7)13(3,4)5/h8-9H2,1-7H3. The summed E-state index contributed by atoms with van der Waals surface area (Å²) in [6.07, 6.45) is 0. The number of nitrogens with zero attached hydrogens (tertiary/aromatic N) is 3. The Morgan fingerprint density at radius 3 is 2.30 bits per heavy atom. The van der Waals surface area contributed by atoms with Crippen molar-refractivity contribution in [2.45, 2.75) is 59.3 Å². The predicted molar refractivity (Wildman–Crippen MR) is 81.5 cm³/mol. The fraction of sp³-hybridized carbons (Fsp3) is 0.769. The summed E-state index contributed by atoms with van der Waals surface area (Å²) in [5.74, 6) is 0. The van der Waals surface area contributed by atoms with Crippen LogP contribution in [0.3, 0.4) is 0 Å². The molecule has 0 atom stereocenters. The molecule has 0 unspecified atom stereocenters. The van der Waals surface area contributed by atoms with Gasteiger partial charge in [-0.15, -0.1) is 0 Å². The molecule has 114 valence electrons. The van der Waals surface area contributed by atoms with Crippen LogP contribution in [0, 0.1) is 24.0 Å². The average Bonchev–Trinajstić information content (AvgIpc) is 2.52. The topological polar surface area (TPSA) is 70.2 Å². The largest absolute Gasteiger partial charge is 0.415 e. The minimum absolute atomic E-state index is 0.109. The summed E-state index contributed by atoms with van der Waals surface area (Å²) in [4.78, 5) is 10.6. The quantitative estimate of drug-likeness (QED) is 0.474. The summed E-state index contributed by atoms with van der Waals surface area (Å²) in [6.45, 7) is 15.4. The highest BCUT2D eigenvalue weighted by atomic mass is 28.4. The van der Waals surface area contributed by atoms with E-state index in [1.807, 2.05) is 0 Å². The molecule has 7 heteroatoms. The molecule has 0 aliphatic carbocycles. The average molecular weight is 299 g/mol. The molecular formula is C13H25N3O3Si. The fourth-order valence-electron chi connectivity index (χ4n) is 1.77. The lowest BCUT2D eigenvalue weighted by Gasteiger charge is -2.36. The van der Waals surface area contributed by atoms with Gasteiger partial charge in [0.15, 0.2) is 8.32 Å². The second-order valence-corrected chi connectivity index (χ2v) is 11.4. The van der Waals surface area contributed by atoms with Gasteiger partial charge in [-0.1, -0.05) is 20.8 Å². The van der Waals surface area contributed by atoms with Gasteiger partial charge in [0.1, 0.15) is 11.4 Å². The van der Waals surface area contributed by atoms with Crippen LogP contribution in [0.25, 0.3) is 0 Å². The summed E-state index contributed by atoms with van der Waals surface area (Å²) in [6, 6.07) is 0. The van der Waals surface area contributed by atoms with Gasteiger partial charge in [-0.2, -0.15) is 5.10 Å². The zero-order chi connectivity index (χ0) is 15.7. The molecule has 1 aromatic rings. The van der Waals surface area contributed by atoms with Crippen molar-refractivity contribution in [3.05, 3.63) is 21.5 Å². The highest BCUT2D eigenvalue weighted by molar-refractivity contribution is 6.74. The lowest BCUT2D eigenvalue weighted by Crippen LogP contribution is -2.41. The van der Waals surface area contributed by atoms with E-state index in [4.69, 9.17) is 4.43 Å². The molecule has 0 amide bonds. The van der Waals surface area contributed by atoms with E-state index in [1.54, 1.807) is 18.5 Å². The lowest BCUT2D eigenvalue weighted by molar-refractivity contribution is -0.386. The van der Waals surface area contributed by atoms with Crippen LogP contribution in [0.5, 0.6) is 0 Å². The van der Waals surface area contributed by atoms with Crippen molar-refractivity contribution in [1.82, 2.24) is 9.78 Å². The summed E-state index contributed by atoms with van der Waals surface area (Å²) in [5, 5.41) is 15.3. The van der Waals surface area contributed by atoms with Crippen LogP contribution >= 0.6 is 0 Å². The van der Waals surface area contributed by atoms with E-state index < -0.39 is 8.32 Å². The van der Waals surface area contributed by atoms with E-state index in [-0.39, 0.29) is 15.6 Å². The fourth-order valence-corrected chi connectivity index (χ4v) is 2.81. The third kappa shape index (κ3) is 3.46. The number of rotatable bonds is 5. The molecule has 0 saturated carbocycles. The number of hydrogen-bond acceptors (Lipinski definition) is 4. The SMILES string of the molecule is Cc1nn(CCO[Si](C)(C)C(C)(C)C)c(C)c1[N+](=O)[O-]. The Bertz CT molecular complexity index is 504. The molecule has 6 nitrogen and oxygen atoms in total. The number of aryl methyl sites for hydroxylation is 1. The Morgan fingerprint density at radius 2 is 1.90 bits per heavy atom. The van der Waals surface area contributed by atoms with E-state index >= 15 is 0 Å². The molecule has 0 aliphatic heterocycles. The van der Waals surface area contributed by atoms with Crippen molar-refractivity contribution in [2.75, 3.05) is 6.61 Å². The van der Waals surface area contributed by atoms with Crippen molar-refractivity contribution in [3.63, 3.8) is 0 Å². The maximum Gasteiger partial charge on any atom is 0.312 e. The molecule has 1 aromatic heterocycles. The van der Waals surface area contributed by atoms with Gasteiger partial charge in [-0.3, -0.25) is 14.8 Å². The maximum atomic E-state index is 10.9. The van der Waals surface area contributed by atoms with Gasteiger partial charge >= 0.3 is 5.69 Å². The van der Waals surface area contributed by atoms with Crippen LogP contribution in [0.1, 0.15) is 32.2 Å².